The number of nitrogens with two attached hydrogens (primary N) is 1. The average molecular weight is 264 g/mol. The molecule has 0 saturated carbocycles. The Balaban J connectivity index is 2.57. The molecule has 3 N–H and O–H groups in total. The number of rotatable bonds is 7. The number of phenols is 1. The maximum Gasteiger partial charge on any atom is 0.239 e. The van der Waals surface area contributed by atoms with Crippen molar-refractivity contribution in [3.05, 3.63) is 29.8 Å². The summed E-state index contributed by atoms with van der Waals surface area (Å²) < 4.78 is 0. The molecule has 0 fully saturated rings. The van der Waals surface area contributed by atoms with E-state index in [9.17, 15) is 9.90 Å². The summed E-state index contributed by atoms with van der Waals surface area (Å²) in [7, 11) is 0. The van der Waals surface area contributed by atoms with Gasteiger partial charge in [0, 0.05) is 13.1 Å². The second-order valence-electron chi connectivity index (χ2n) is 4.75. The second kappa shape index (κ2) is 7.79. The lowest BCUT2D eigenvalue weighted by Gasteiger charge is -2.24. The van der Waals surface area contributed by atoms with E-state index in [2.05, 4.69) is 6.92 Å². The number of carbonyl (C=O) groups is 1. The van der Waals surface area contributed by atoms with Crippen LogP contribution in [0.2, 0.25) is 0 Å². The van der Waals surface area contributed by atoms with Gasteiger partial charge in [0.15, 0.2) is 0 Å². The van der Waals surface area contributed by atoms with Crippen LogP contribution in [0.1, 0.15) is 32.3 Å². The fourth-order valence-corrected chi connectivity index (χ4v) is 1.98. The molecule has 1 aromatic carbocycles. The molecule has 0 bridgehead atoms. The van der Waals surface area contributed by atoms with Crippen LogP contribution < -0.4 is 5.73 Å². The summed E-state index contributed by atoms with van der Waals surface area (Å²) in [6, 6.07) is 6.30. The number of unbranched alkanes of at least 4 members (excludes halogenated alkanes) is 1. The Morgan fingerprint density at radius 1 is 1.32 bits per heavy atom. The molecular weight excluding hydrogens is 240 g/mol. The minimum Gasteiger partial charge on any atom is -0.508 e. The van der Waals surface area contributed by atoms with Crippen LogP contribution in [0, 0.1) is 0 Å². The molecule has 0 aromatic heterocycles. The molecule has 19 heavy (non-hydrogen) atoms. The molecule has 0 spiro atoms. The molecule has 1 atom stereocenters. The molecule has 1 aromatic rings. The number of carbonyl (C=O) groups excluding carboxylic acids is 1. The number of hydrogen-bond donors (Lipinski definition) is 2. The maximum absolute atomic E-state index is 12.2. The van der Waals surface area contributed by atoms with Gasteiger partial charge in [-0.2, -0.15) is 0 Å². The van der Waals surface area contributed by atoms with Crippen molar-refractivity contribution in [2.24, 2.45) is 5.73 Å². The molecule has 106 valence electrons. The first kappa shape index (κ1) is 15.5. The van der Waals surface area contributed by atoms with E-state index in [1.54, 1.807) is 24.3 Å². The Kier molecular flexibility index (Phi) is 6.36. The lowest BCUT2D eigenvalue weighted by atomic mass is 10.1. The summed E-state index contributed by atoms with van der Waals surface area (Å²) in [4.78, 5) is 14.0. The van der Waals surface area contributed by atoms with Crippen molar-refractivity contribution in [2.75, 3.05) is 13.1 Å². The number of nitrogens with zero attached hydrogens (tertiary/aromatic N) is 1. The monoisotopic (exact) mass is 264 g/mol. The van der Waals surface area contributed by atoms with Gasteiger partial charge >= 0.3 is 0 Å². The van der Waals surface area contributed by atoms with Crippen molar-refractivity contribution >= 4 is 5.91 Å². The molecule has 1 unspecified atom stereocenters. The van der Waals surface area contributed by atoms with Crippen LogP contribution in [0.4, 0.5) is 0 Å². The zero-order valence-corrected chi connectivity index (χ0v) is 11.8. The standard InChI is InChI=1S/C15H24N2O2/c1-3-5-10-17(4-2)15(19)14(16)11-12-6-8-13(18)9-7-12/h6-9,14,18H,3-5,10-11,16H2,1-2H3. The lowest BCUT2D eigenvalue weighted by molar-refractivity contribution is -0.132. The van der Waals surface area contributed by atoms with Crippen molar-refractivity contribution in [1.82, 2.24) is 4.90 Å². The van der Waals surface area contributed by atoms with Gasteiger partial charge < -0.3 is 15.7 Å². The highest BCUT2D eigenvalue weighted by Crippen LogP contribution is 2.11. The second-order valence-corrected chi connectivity index (χ2v) is 4.75. The van der Waals surface area contributed by atoms with Crippen molar-refractivity contribution in [2.45, 2.75) is 39.2 Å². The van der Waals surface area contributed by atoms with Crippen molar-refractivity contribution < 1.29 is 9.90 Å². The van der Waals surface area contributed by atoms with Gasteiger partial charge in [-0.3, -0.25) is 4.79 Å². The SMILES string of the molecule is CCCCN(CC)C(=O)C(N)Cc1ccc(O)cc1. The number of benzene rings is 1. The van der Waals surface area contributed by atoms with Crippen LogP contribution in [-0.4, -0.2) is 35.0 Å². The van der Waals surface area contributed by atoms with E-state index >= 15 is 0 Å². The first-order valence-corrected chi connectivity index (χ1v) is 6.90. The Labute approximate surface area is 115 Å². The van der Waals surface area contributed by atoms with Gasteiger partial charge in [-0.25, -0.2) is 0 Å². The molecule has 1 amide bonds. The average Bonchev–Trinajstić information content (AvgIpc) is 2.42. The Bertz CT molecular complexity index is 390. The number of hydrogen-bond acceptors (Lipinski definition) is 3. The first-order chi connectivity index (χ1) is 9.08. The molecule has 4 nitrogen and oxygen atoms in total. The van der Waals surface area contributed by atoms with Gasteiger partial charge in [0.25, 0.3) is 0 Å². The van der Waals surface area contributed by atoms with Crippen molar-refractivity contribution in [3.8, 4) is 5.75 Å². The Hall–Kier alpha value is -1.55. The molecule has 4 heteroatoms. The normalized spacial score (nSPS) is 12.2. The van der Waals surface area contributed by atoms with Gasteiger partial charge in [-0.15, -0.1) is 0 Å². The minimum atomic E-state index is -0.513. The van der Waals surface area contributed by atoms with Crippen molar-refractivity contribution in [3.63, 3.8) is 0 Å². The van der Waals surface area contributed by atoms with Crippen LogP contribution in [0.25, 0.3) is 0 Å². The smallest absolute Gasteiger partial charge is 0.239 e. The third-order valence-electron chi connectivity index (χ3n) is 3.18. The highest BCUT2D eigenvalue weighted by molar-refractivity contribution is 5.82. The van der Waals surface area contributed by atoms with Crippen LogP contribution >= 0.6 is 0 Å². The quantitative estimate of drug-likeness (QED) is 0.790. The molecule has 0 radical (unpaired) electrons. The van der Waals surface area contributed by atoms with E-state index in [1.807, 2.05) is 11.8 Å². The van der Waals surface area contributed by atoms with E-state index in [0.717, 1.165) is 24.9 Å². The first-order valence-electron chi connectivity index (χ1n) is 6.90. The summed E-state index contributed by atoms with van der Waals surface area (Å²) >= 11 is 0. The van der Waals surface area contributed by atoms with Gasteiger partial charge in [-0.1, -0.05) is 25.5 Å². The van der Waals surface area contributed by atoms with Crippen LogP contribution in [0.15, 0.2) is 24.3 Å². The number of phenolic OH excluding ortho intramolecular Hbond substituents is 1. The Morgan fingerprint density at radius 2 is 1.95 bits per heavy atom. The van der Waals surface area contributed by atoms with E-state index in [0.29, 0.717) is 13.0 Å². The van der Waals surface area contributed by atoms with Crippen LogP contribution in [-0.2, 0) is 11.2 Å². The fourth-order valence-electron chi connectivity index (χ4n) is 1.98. The molecule has 0 heterocycles. The fraction of sp³-hybridized carbons (Fsp3) is 0.533. The van der Waals surface area contributed by atoms with E-state index in [1.165, 1.54) is 0 Å². The molecule has 0 aliphatic rings. The Morgan fingerprint density at radius 3 is 2.47 bits per heavy atom. The number of aromatic hydroxyl groups is 1. The molecule has 1 rings (SSSR count). The molecule has 0 saturated heterocycles. The predicted octanol–water partition coefficient (Wildman–Crippen LogP) is 1.91. The molecule has 0 aliphatic heterocycles. The van der Waals surface area contributed by atoms with Crippen molar-refractivity contribution in [1.29, 1.82) is 0 Å². The zero-order chi connectivity index (χ0) is 14.3. The largest absolute Gasteiger partial charge is 0.508 e. The third kappa shape index (κ3) is 4.91. The number of likely N-dealkylation sites (N-methyl/N-ethyl adjacent to an activating group) is 1. The van der Waals surface area contributed by atoms with E-state index in [-0.39, 0.29) is 11.7 Å². The van der Waals surface area contributed by atoms with Crippen LogP contribution in [0.3, 0.4) is 0 Å². The zero-order valence-electron chi connectivity index (χ0n) is 11.8. The highest BCUT2D eigenvalue weighted by atomic mass is 16.3. The summed E-state index contributed by atoms with van der Waals surface area (Å²) in [5.74, 6) is 0.228. The highest BCUT2D eigenvalue weighted by Gasteiger charge is 2.19. The van der Waals surface area contributed by atoms with Gasteiger partial charge in [-0.05, 0) is 37.5 Å². The van der Waals surface area contributed by atoms with Gasteiger partial charge in [0.2, 0.25) is 5.91 Å². The van der Waals surface area contributed by atoms with Crippen LogP contribution in [0.5, 0.6) is 5.75 Å². The minimum absolute atomic E-state index is 0.00373. The van der Waals surface area contributed by atoms with E-state index < -0.39 is 6.04 Å². The molecular formula is C15H24N2O2. The third-order valence-corrected chi connectivity index (χ3v) is 3.18. The van der Waals surface area contributed by atoms with Gasteiger partial charge in [0.1, 0.15) is 5.75 Å². The molecule has 0 aliphatic carbocycles. The summed E-state index contributed by atoms with van der Waals surface area (Å²) in [5, 5.41) is 9.22. The summed E-state index contributed by atoms with van der Waals surface area (Å²) in [5.41, 5.74) is 6.94. The summed E-state index contributed by atoms with van der Waals surface area (Å²) in [6.45, 7) is 5.55. The lowest BCUT2D eigenvalue weighted by Crippen LogP contribution is -2.45. The maximum atomic E-state index is 12.2. The van der Waals surface area contributed by atoms with E-state index in [4.69, 9.17) is 5.73 Å². The predicted molar refractivity (Wildman–Crippen MR) is 76.9 cm³/mol. The topological polar surface area (TPSA) is 66.6 Å². The number of amides is 1. The summed E-state index contributed by atoms with van der Waals surface area (Å²) in [6.07, 6.45) is 2.57. The van der Waals surface area contributed by atoms with Gasteiger partial charge in [0.05, 0.1) is 6.04 Å².